The van der Waals surface area contributed by atoms with Crippen molar-refractivity contribution in [1.29, 1.82) is 0 Å². The van der Waals surface area contributed by atoms with Gasteiger partial charge < -0.3 is 4.90 Å². The quantitative estimate of drug-likeness (QED) is 0.666. The lowest BCUT2D eigenvalue weighted by molar-refractivity contribution is -0.139. The van der Waals surface area contributed by atoms with E-state index in [4.69, 9.17) is 11.6 Å². The highest BCUT2D eigenvalue weighted by atomic mass is 35.5. The van der Waals surface area contributed by atoms with E-state index in [9.17, 15) is 4.79 Å². The summed E-state index contributed by atoms with van der Waals surface area (Å²) in [5.74, 6) is 1.47. The van der Waals surface area contributed by atoms with Crippen LogP contribution in [-0.2, 0) is 4.79 Å². The lowest BCUT2D eigenvalue weighted by Crippen LogP contribution is -2.39. The molecular formula is C11H20ClNO. The fourth-order valence-electron chi connectivity index (χ4n) is 1.72. The van der Waals surface area contributed by atoms with Crippen LogP contribution in [0.4, 0.5) is 0 Å². The third-order valence-electron chi connectivity index (χ3n) is 3.25. The molecule has 3 heteroatoms. The molecule has 0 bridgehead atoms. The van der Waals surface area contributed by atoms with Gasteiger partial charge in [-0.2, -0.15) is 0 Å². The van der Waals surface area contributed by atoms with Gasteiger partial charge >= 0.3 is 0 Å². The van der Waals surface area contributed by atoms with Crippen molar-refractivity contribution < 1.29 is 4.79 Å². The van der Waals surface area contributed by atoms with Gasteiger partial charge in [0.2, 0.25) is 5.91 Å². The average Bonchev–Trinajstić information content (AvgIpc) is 2.64. The lowest BCUT2D eigenvalue weighted by Gasteiger charge is -2.28. The van der Waals surface area contributed by atoms with Crippen LogP contribution in [0, 0.1) is 11.3 Å². The molecule has 1 saturated heterocycles. The molecule has 1 unspecified atom stereocenters. The van der Waals surface area contributed by atoms with Crippen molar-refractivity contribution in [1.82, 2.24) is 4.90 Å². The number of likely N-dealkylation sites (tertiary alicyclic amines) is 1. The largest absolute Gasteiger partial charge is 0.342 e. The number of alkyl halides is 1. The number of amides is 1. The summed E-state index contributed by atoms with van der Waals surface area (Å²) in [6.45, 7) is 7.84. The Hall–Kier alpha value is -0.240. The molecule has 0 aliphatic carbocycles. The molecule has 0 aromatic carbocycles. The Kier molecular flexibility index (Phi) is 3.82. The van der Waals surface area contributed by atoms with Gasteiger partial charge in [-0.05, 0) is 18.8 Å². The molecule has 1 atom stereocenters. The van der Waals surface area contributed by atoms with E-state index < -0.39 is 0 Å². The zero-order valence-corrected chi connectivity index (χ0v) is 10.1. The van der Waals surface area contributed by atoms with Gasteiger partial charge in [0, 0.05) is 24.4 Å². The number of hydrogen-bond donors (Lipinski definition) is 0. The van der Waals surface area contributed by atoms with Crippen LogP contribution in [-0.4, -0.2) is 29.8 Å². The third kappa shape index (κ3) is 2.41. The Morgan fingerprint density at radius 1 is 1.57 bits per heavy atom. The fraction of sp³-hybridized carbons (Fsp3) is 0.909. The minimum absolute atomic E-state index is 0.207. The number of halogens is 1. The van der Waals surface area contributed by atoms with E-state index >= 15 is 0 Å². The van der Waals surface area contributed by atoms with E-state index in [1.54, 1.807) is 0 Å². The van der Waals surface area contributed by atoms with Crippen molar-refractivity contribution in [3.63, 3.8) is 0 Å². The van der Waals surface area contributed by atoms with Crippen molar-refractivity contribution in [3.8, 4) is 0 Å². The maximum absolute atomic E-state index is 12.0. The summed E-state index contributed by atoms with van der Waals surface area (Å²) < 4.78 is 0. The topological polar surface area (TPSA) is 20.3 Å². The van der Waals surface area contributed by atoms with Crippen LogP contribution in [0.15, 0.2) is 0 Å². The highest BCUT2D eigenvalue weighted by Crippen LogP contribution is 2.27. The molecule has 1 amide bonds. The van der Waals surface area contributed by atoms with Crippen LogP contribution in [0.1, 0.15) is 33.6 Å². The van der Waals surface area contributed by atoms with Gasteiger partial charge in [-0.1, -0.05) is 20.8 Å². The molecule has 0 aromatic heterocycles. The maximum atomic E-state index is 12.0. The maximum Gasteiger partial charge on any atom is 0.228 e. The second-order valence-electron chi connectivity index (χ2n) is 4.80. The predicted octanol–water partition coefficient (Wildman–Crippen LogP) is 2.51. The predicted molar refractivity (Wildman–Crippen MR) is 59.5 cm³/mol. The highest BCUT2D eigenvalue weighted by molar-refractivity contribution is 6.18. The summed E-state index contributed by atoms with van der Waals surface area (Å²) in [6.07, 6.45) is 1.96. The second-order valence-corrected chi connectivity index (χ2v) is 5.11. The normalized spacial score (nSPS) is 22.9. The number of nitrogens with zero attached hydrogens (tertiary/aromatic N) is 1. The van der Waals surface area contributed by atoms with Crippen molar-refractivity contribution in [3.05, 3.63) is 0 Å². The van der Waals surface area contributed by atoms with Gasteiger partial charge in [-0.25, -0.2) is 0 Å². The Labute approximate surface area is 91.6 Å². The average molecular weight is 218 g/mol. The molecule has 0 radical (unpaired) electrons. The second kappa shape index (κ2) is 4.52. The molecule has 1 heterocycles. The Bertz CT molecular complexity index is 215. The first kappa shape index (κ1) is 11.8. The Balaban J connectivity index is 2.55. The first-order chi connectivity index (χ1) is 6.51. The monoisotopic (exact) mass is 217 g/mol. The number of carbonyl (C=O) groups excluding carboxylic acids is 1. The van der Waals surface area contributed by atoms with Gasteiger partial charge in [-0.15, -0.1) is 11.6 Å². The van der Waals surface area contributed by atoms with Crippen LogP contribution in [0.25, 0.3) is 0 Å². The van der Waals surface area contributed by atoms with Crippen LogP contribution >= 0.6 is 11.6 Å². The van der Waals surface area contributed by atoms with E-state index in [-0.39, 0.29) is 11.3 Å². The highest BCUT2D eigenvalue weighted by Gasteiger charge is 2.34. The summed E-state index contributed by atoms with van der Waals surface area (Å²) >= 11 is 5.79. The SMILES string of the molecule is CCC(C)(C)C(=O)N1CCC(CCl)C1. The van der Waals surface area contributed by atoms with E-state index in [0.717, 1.165) is 25.9 Å². The van der Waals surface area contributed by atoms with Crippen molar-refractivity contribution in [2.75, 3.05) is 19.0 Å². The molecule has 14 heavy (non-hydrogen) atoms. The van der Waals surface area contributed by atoms with Gasteiger partial charge in [-0.3, -0.25) is 4.79 Å². The Morgan fingerprint density at radius 3 is 2.64 bits per heavy atom. The van der Waals surface area contributed by atoms with Gasteiger partial charge in [0.05, 0.1) is 0 Å². The van der Waals surface area contributed by atoms with E-state index in [0.29, 0.717) is 11.8 Å². The van der Waals surface area contributed by atoms with E-state index in [1.807, 2.05) is 18.7 Å². The third-order valence-corrected chi connectivity index (χ3v) is 3.69. The lowest BCUT2D eigenvalue weighted by atomic mass is 9.88. The van der Waals surface area contributed by atoms with Gasteiger partial charge in [0.15, 0.2) is 0 Å². The smallest absolute Gasteiger partial charge is 0.228 e. The summed E-state index contributed by atoms with van der Waals surface area (Å²) in [4.78, 5) is 14.0. The fourth-order valence-corrected chi connectivity index (χ4v) is 1.97. The molecule has 2 nitrogen and oxygen atoms in total. The standard InChI is InChI=1S/C11H20ClNO/c1-4-11(2,3)10(14)13-6-5-9(7-12)8-13/h9H,4-8H2,1-3H3. The summed E-state index contributed by atoms with van der Waals surface area (Å²) in [7, 11) is 0. The van der Waals surface area contributed by atoms with E-state index in [1.165, 1.54) is 0 Å². The van der Waals surface area contributed by atoms with Crippen molar-refractivity contribution >= 4 is 17.5 Å². The number of hydrogen-bond acceptors (Lipinski definition) is 1. The molecular weight excluding hydrogens is 198 g/mol. The van der Waals surface area contributed by atoms with Gasteiger partial charge in [0.1, 0.15) is 0 Å². The van der Waals surface area contributed by atoms with Crippen LogP contribution in [0.2, 0.25) is 0 Å². The van der Waals surface area contributed by atoms with Crippen LogP contribution in [0.3, 0.4) is 0 Å². The summed E-state index contributed by atoms with van der Waals surface area (Å²) in [5, 5.41) is 0. The minimum Gasteiger partial charge on any atom is -0.342 e. The summed E-state index contributed by atoms with van der Waals surface area (Å²) in [6, 6.07) is 0. The van der Waals surface area contributed by atoms with Crippen LogP contribution < -0.4 is 0 Å². The van der Waals surface area contributed by atoms with Crippen LogP contribution in [0.5, 0.6) is 0 Å². The summed E-state index contributed by atoms with van der Waals surface area (Å²) in [5.41, 5.74) is -0.207. The minimum atomic E-state index is -0.207. The zero-order chi connectivity index (χ0) is 10.8. The molecule has 1 fully saturated rings. The molecule has 0 saturated carbocycles. The van der Waals surface area contributed by atoms with Crippen molar-refractivity contribution in [2.24, 2.45) is 11.3 Å². The zero-order valence-electron chi connectivity index (χ0n) is 9.35. The Morgan fingerprint density at radius 2 is 2.21 bits per heavy atom. The molecule has 0 spiro atoms. The molecule has 82 valence electrons. The van der Waals surface area contributed by atoms with Gasteiger partial charge in [0.25, 0.3) is 0 Å². The molecule has 1 rings (SSSR count). The molecule has 1 aliphatic heterocycles. The number of carbonyl (C=O) groups is 1. The first-order valence-corrected chi connectivity index (χ1v) is 5.90. The van der Waals surface area contributed by atoms with Crippen molar-refractivity contribution in [2.45, 2.75) is 33.6 Å². The molecule has 1 aliphatic rings. The first-order valence-electron chi connectivity index (χ1n) is 5.36. The molecule has 0 aromatic rings. The molecule has 0 N–H and O–H groups in total. The number of rotatable bonds is 3. The van der Waals surface area contributed by atoms with E-state index in [2.05, 4.69) is 6.92 Å².